The zero-order valence-corrected chi connectivity index (χ0v) is 12.4. The molecule has 0 aliphatic carbocycles. The molecular formula is C13H18N4OS. The van der Waals surface area contributed by atoms with Gasteiger partial charge in [0, 0.05) is 16.6 Å². The lowest BCUT2D eigenvalue weighted by atomic mass is 10.4. The highest BCUT2D eigenvalue weighted by Crippen LogP contribution is 2.16. The normalized spacial score (nSPS) is 10.8. The van der Waals surface area contributed by atoms with Gasteiger partial charge < -0.3 is 10.1 Å². The van der Waals surface area contributed by atoms with Gasteiger partial charge >= 0.3 is 0 Å². The molecule has 0 bridgehead atoms. The summed E-state index contributed by atoms with van der Waals surface area (Å²) in [6, 6.07) is 1.84. The van der Waals surface area contributed by atoms with Crippen molar-refractivity contribution in [2.75, 3.05) is 5.32 Å². The van der Waals surface area contributed by atoms with Gasteiger partial charge in [0.2, 0.25) is 11.8 Å². The molecule has 2 rings (SSSR count). The summed E-state index contributed by atoms with van der Waals surface area (Å²) >= 11 is 1.63. The molecular weight excluding hydrogens is 260 g/mol. The summed E-state index contributed by atoms with van der Waals surface area (Å²) in [4.78, 5) is 14.1. The minimum Gasteiger partial charge on any atom is -0.475 e. The molecule has 2 aromatic rings. The van der Waals surface area contributed by atoms with Gasteiger partial charge in [-0.15, -0.1) is 11.3 Å². The Kier molecular flexibility index (Phi) is 4.31. The van der Waals surface area contributed by atoms with E-state index < -0.39 is 0 Å². The highest BCUT2D eigenvalue weighted by molar-refractivity contribution is 7.09. The van der Waals surface area contributed by atoms with E-state index in [4.69, 9.17) is 4.74 Å². The molecule has 0 saturated carbocycles. The SMILES string of the molecule is Cc1cc(OC(C)C)nc(NCc2scnc2C)n1. The average molecular weight is 278 g/mol. The van der Waals surface area contributed by atoms with Crippen molar-refractivity contribution in [3.63, 3.8) is 0 Å². The molecule has 19 heavy (non-hydrogen) atoms. The topological polar surface area (TPSA) is 59.9 Å². The standard InChI is InChI=1S/C13H18N4OS/c1-8(2)18-12-5-9(3)16-13(17-12)14-6-11-10(4)15-7-19-11/h5,7-8H,6H2,1-4H3,(H,14,16,17). The van der Waals surface area contributed by atoms with Crippen LogP contribution in [0.4, 0.5) is 5.95 Å². The third-order valence-corrected chi connectivity index (χ3v) is 3.37. The highest BCUT2D eigenvalue weighted by Gasteiger charge is 2.06. The molecule has 0 atom stereocenters. The van der Waals surface area contributed by atoms with Gasteiger partial charge in [0.15, 0.2) is 0 Å². The first kappa shape index (κ1) is 13.7. The van der Waals surface area contributed by atoms with Gasteiger partial charge in [0.25, 0.3) is 0 Å². The maximum atomic E-state index is 5.60. The molecule has 6 heteroatoms. The van der Waals surface area contributed by atoms with Crippen molar-refractivity contribution in [1.29, 1.82) is 0 Å². The second-order valence-corrected chi connectivity index (χ2v) is 5.49. The van der Waals surface area contributed by atoms with Gasteiger partial charge in [-0.2, -0.15) is 4.98 Å². The van der Waals surface area contributed by atoms with Crippen molar-refractivity contribution in [3.8, 4) is 5.88 Å². The van der Waals surface area contributed by atoms with E-state index in [0.717, 1.165) is 11.4 Å². The molecule has 102 valence electrons. The van der Waals surface area contributed by atoms with E-state index >= 15 is 0 Å². The number of aryl methyl sites for hydroxylation is 2. The molecule has 2 aromatic heterocycles. The van der Waals surface area contributed by atoms with Crippen LogP contribution in [0.15, 0.2) is 11.6 Å². The van der Waals surface area contributed by atoms with Crippen molar-refractivity contribution in [1.82, 2.24) is 15.0 Å². The molecule has 0 aliphatic rings. The number of aromatic nitrogens is 3. The number of nitrogens with one attached hydrogen (secondary N) is 1. The molecule has 0 aromatic carbocycles. The molecule has 0 radical (unpaired) electrons. The van der Waals surface area contributed by atoms with Crippen LogP contribution in [0.2, 0.25) is 0 Å². The average Bonchev–Trinajstić information content (AvgIpc) is 2.70. The summed E-state index contributed by atoms with van der Waals surface area (Å²) in [5.74, 6) is 1.19. The first-order chi connectivity index (χ1) is 9.04. The van der Waals surface area contributed by atoms with Gasteiger partial charge in [-0.25, -0.2) is 9.97 Å². The number of anilines is 1. The fourth-order valence-corrected chi connectivity index (χ4v) is 2.29. The molecule has 0 spiro atoms. The monoisotopic (exact) mass is 278 g/mol. The third kappa shape index (κ3) is 3.89. The van der Waals surface area contributed by atoms with Gasteiger partial charge in [-0.3, -0.25) is 0 Å². The summed E-state index contributed by atoms with van der Waals surface area (Å²) in [7, 11) is 0. The summed E-state index contributed by atoms with van der Waals surface area (Å²) in [5, 5.41) is 3.21. The molecule has 2 heterocycles. The van der Waals surface area contributed by atoms with Gasteiger partial charge in [-0.05, 0) is 27.7 Å². The number of nitrogens with zero attached hydrogens (tertiary/aromatic N) is 3. The van der Waals surface area contributed by atoms with Crippen LogP contribution in [0.5, 0.6) is 5.88 Å². The van der Waals surface area contributed by atoms with E-state index in [1.807, 2.05) is 39.3 Å². The lowest BCUT2D eigenvalue weighted by Crippen LogP contribution is -2.10. The minimum atomic E-state index is 0.103. The summed E-state index contributed by atoms with van der Waals surface area (Å²) in [6.07, 6.45) is 0.103. The smallest absolute Gasteiger partial charge is 0.226 e. The fraction of sp³-hybridized carbons (Fsp3) is 0.462. The van der Waals surface area contributed by atoms with Crippen LogP contribution in [-0.4, -0.2) is 21.1 Å². The number of hydrogen-bond donors (Lipinski definition) is 1. The van der Waals surface area contributed by atoms with Crippen LogP contribution < -0.4 is 10.1 Å². The van der Waals surface area contributed by atoms with E-state index in [-0.39, 0.29) is 6.10 Å². The summed E-state index contributed by atoms with van der Waals surface area (Å²) in [6.45, 7) is 8.56. The van der Waals surface area contributed by atoms with E-state index in [0.29, 0.717) is 18.4 Å². The molecule has 5 nitrogen and oxygen atoms in total. The van der Waals surface area contributed by atoms with Crippen LogP contribution >= 0.6 is 11.3 Å². The molecule has 0 unspecified atom stereocenters. The zero-order valence-electron chi connectivity index (χ0n) is 11.6. The van der Waals surface area contributed by atoms with E-state index in [9.17, 15) is 0 Å². The Balaban J connectivity index is 2.07. The molecule has 0 amide bonds. The van der Waals surface area contributed by atoms with Crippen LogP contribution in [-0.2, 0) is 6.54 Å². The Morgan fingerprint density at radius 2 is 2.11 bits per heavy atom. The largest absolute Gasteiger partial charge is 0.475 e. The third-order valence-electron chi connectivity index (χ3n) is 2.44. The summed E-state index contributed by atoms with van der Waals surface area (Å²) < 4.78 is 5.60. The highest BCUT2D eigenvalue weighted by atomic mass is 32.1. The van der Waals surface area contributed by atoms with Gasteiger partial charge in [0.1, 0.15) is 0 Å². The molecule has 0 aliphatic heterocycles. The van der Waals surface area contributed by atoms with Crippen molar-refractivity contribution in [3.05, 3.63) is 27.8 Å². The Labute approximate surface area is 117 Å². The van der Waals surface area contributed by atoms with E-state index in [2.05, 4.69) is 20.3 Å². The molecule has 0 saturated heterocycles. The van der Waals surface area contributed by atoms with Gasteiger partial charge in [-0.1, -0.05) is 0 Å². The zero-order chi connectivity index (χ0) is 13.8. The van der Waals surface area contributed by atoms with Crippen LogP contribution in [0.1, 0.15) is 30.1 Å². The quantitative estimate of drug-likeness (QED) is 0.911. The first-order valence-corrected chi connectivity index (χ1v) is 7.07. The minimum absolute atomic E-state index is 0.103. The molecule has 0 fully saturated rings. The van der Waals surface area contributed by atoms with Crippen molar-refractivity contribution >= 4 is 17.3 Å². The Bertz CT molecular complexity index is 553. The fourth-order valence-electron chi connectivity index (χ4n) is 1.58. The Morgan fingerprint density at radius 3 is 2.74 bits per heavy atom. The number of rotatable bonds is 5. The lowest BCUT2D eigenvalue weighted by Gasteiger charge is -2.11. The number of hydrogen-bond acceptors (Lipinski definition) is 6. The summed E-state index contributed by atoms with van der Waals surface area (Å²) in [5.41, 5.74) is 3.77. The number of thiazole rings is 1. The van der Waals surface area contributed by atoms with Gasteiger partial charge in [0.05, 0.1) is 23.9 Å². The predicted octanol–water partition coefficient (Wildman–Crippen LogP) is 2.95. The predicted molar refractivity (Wildman–Crippen MR) is 76.7 cm³/mol. The van der Waals surface area contributed by atoms with Crippen molar-refractivity contribution in [2.24, 2.45) is 0 Å². The van der Waals surface area contributed by atoms with Crippen molar-refractivity contribution in [2.45, 2.75) is 40.3 Å². The van der Waals surface area contributed by atoms with Crippen LogP contribution in [0, 0.1) is 13.8 Å². The Morgan fingerprint density at radius 1 is 1.32 bits per heavy atom. The molecule has 1 N–H and O–H groups in total. The lowest BCUT2D eigenvalue weighted by molar-refractivity contribution is 0.232. The second-order valence-electron chi connectivity index (χ2n) is 4.55. The van der Waals surface area contributed by atoms with E-state index in [1.165, 1.54) is 4.88 Å². The maximum Gasteiger partial charge on any atom is 0.226 e. The first-order valence-electron chi connectivity index (χ1n) is 6.20. The Hall–Kier alpha value is -1.69. The van der Waals surface area contributed by atoms with Crippen LogP contribution in [0.25, 0.3) is 0 Å². The number of ether oxygens (including phenoxy) is 1. The van der Waals surface area contributed by atoms with Crippen molar-refractivity contribution < 1.29 is 4.74 Å². The van der Waals surface area contributed by atoms with E-state index in [1.54, 1.807) is 11.3 Å². The second kappa shape index (κ2) is 5.97. The van der Waals surface area contributed by atoms with Crippen LogP contribution in [0.3, 0.4) is 0 Å². The maximum absolute atomic E-state index is 5.60.